The van der Waals surface area contributed by atoms with Crippen LogP contribution in [0.1, 0.15) is 23.9 Å². The molecule has 0 radical (unpaired) electrons. The molecule has 19 heavy (non-hydrogen) atoms. The van der Waals surface area contributed by atoms with E-state index in [4.69, 9.17) is 5.73 Å². The first-order valence-corrected chi connectivity index (χ1v) is 6.37. The fraction of sp³-hybridized carbons (Fsp3) is 0.357. The quantitative estimate of drug-likeness (QED) is 0.852. The van der Waals surface area contributed by atoms with Gasteiger partial charge in [0.1, 0.15) is 12.1 Å². The summed E-state index contributed by atoms with van der Waals surface area (Å²) >= 11 is 0. The number of nitrogens with zero attached hydrogens (tertiary/aromatic N) is 3. The number of aromatic nitrogens is 3. The molecule has 0 fully saturated rings. The number of nitrogens with one attached hydrogen (secondary N) is 1. The van der Waals surface area contributed by atoms with Crippen molar-refractivity contribution in [2.45, 2.75) is 32.9 Å². The molecule has 0 aliphatic carbocycles. The van der Waals surface area contributed by atoms with Crippen molar-refractivity contribution < 1.29 is 0 Å². The van der Waals surface area contributed by atoms with Crippen molar-refractivity contribution in [3.8, 4) is 0 Å². The normalized spacial score (nSPS) is 12.2. The predicted octanol–water partition coefficient (Wildman–Crippen LogP) is 1.68. The smallest absolute Gasteiger partial charge is 0.129 e. The van der Waals surface area contributed by atoms with Crippen LogP contribution in [0.3, 0.4) is 0 Å². The molecule has 0 spiro atoms. The van der Waals surface area contributed by atoms with E-state index in [1.807, 2.05) is 18.3 Å². The molecular weight excluding hydrogens is 238 g/mol. The van der Waals surface area contributed by atoms with E-state index >= 15 is 0 Å². The van der Waals surface area contributed by atoms with Gasteiger partial charge in [0.25, 0.3) is 0 Å². The van der Waals surface area contributed by atoms with E-state index in [9.17, 15) is 0 Å². The second-order valence-corrected chi connectivity index (χ2v) is 4.62. The second kappa shape index (κ2) is 6.24. The number of aryl methyl sites for hydroxylation is 1. The molecule has 5 heteroatoms. The Morgan fingerprint density at radius 1 is 1.32 bits per heavy atom. The molecule has 0 saturated carbocycles. The number of anilines is 1. The van der Waals surface area contributed by atoms with E-state index in [-0.39, 0.29) is 6.04 Å². The molecule has 0 saturated heterocycles. The molecular formula is C14H19N5. The molecule has 2 heterocycles. The first kappa shape index (κ1) is 13.4. The van der Waals surface area contributed by atoms with Crippen LogP contribution in [-0.4, -0.2) is 21.0 Å². The maximum atomic E-state index is 5.56. The Morgan fingerprint density at radius 3 is 2.89 bits per heavy atom. The van der Waals surface area contributed by atoms with Gasteiger partial charge in [0.15, 0.2) is 0 Å². The molecule has 2 rings (SSSR count). The zero-order valence-corrected chi connectivity index (χ0v) is 11.3. The lowest BCUT2D eigenvalue weighted by Gasteiger charge is -2.15. The van der Waals surface area contributed by atoms with Crippen LogP contribution in [0, 0.1) is 6.92 Å². The minimum Gasteiger partial charge on any atom is -0.367 e. The molecule has 2 aromatic heterocycles. The highest BCUT2D eigenvalue weighted by Crippen LogP contribution is 2.10. The predicted molar refractivity (Wildman–Crippen MR) is 75.7 cm³/mol. The Kier molecular flexibility index (Phi) is 4.41. The zero-order valence-electron chi connectivity index (χ0n) is 11.3. The van der Waals surface area contributed by atoms with Crippen LogP contribution >= 0.6 is 0 Å². The summed E-state index contributed by atoms with van der Waals surface area (Å²) in [6, 6.07) is 6.15. The van der Waals surface area contributed by atoms with Gasteiger partial charge in [-0.15, -0.1) is 0 Å². The third-order valence-electron chi connectivity index (χ3n) is 2.94. The summed E-state index contributed by atoms with van der Waals surface area (Å²) in [7, 11) is 0. The van der Waals surface area contributed by atoms with E-state index in [0.29, 0.717) is 6.54 Å². The SMILES string of the molecule is Cc1cccnc1CC(C)Nc1cc(CN)ncn1. The van der Waals surface area contributed by atoms with E-state index in [1.54, 1.807) is 0 Å². The molecule has 3 N–H and O–H groups in total. The van der Waals surface area contributed by atoms with Gasteiger partial charge < -0.3 is 11.1 Å². The van der Waals surface area contributed by atoms with Crippen molar-refractivity contribution in [3.63, 3.8) is 0 Å². The number of pyridine rings is 1. The summed E-state index contributed by atoms with van der Waals surface area (Å²) in [5, 5.41) is 3.35. The van der Waals surface area contributed by atoms with Gasteiger partial charge in [0.2, 0.25) is 0 Å². The molecule has 1 unspecified atom stereocenters. The Morgan fingerprint density at radius 2 is 2.16 bits per heavy atom. The minimum atomic E-state index is 0.245. The minimum absolute atomic E-state index is 0.245. The monoisotopic (exact) mass is 257 g/mol. The van der Waals surface area contributed by atoms with E-state index < -0.39 is 0 Å². The molecule has 0 aromatic carbocycles. The summed E-state index contributed by atoms with van der Waals surface area (Å²) in [6.07, 6.45) is 4.21. The summed E-state index contributed by atoms with van der Waals surface area (Å²) in [5.41, 5.74) is 8.71. The van der Waals surface area contributed by atoms with Gasteiger partial charge in [0.05, 0.1) is 5.69 Å². The maximum Gasteiger partial charge on any atom is 0.129 e. The lowest BCUT2D eigenvalue weighted by molar-refractivity contribution is 0.758. The third-order valence-corrected chi connectivity index (χ3v) is 2.94. The molecule has 0 aliphatic heterocycles. The summed E-state index contributed by atoms with van der Waals surface area (Å²) in [6.45, 7) is 4.61. The third kappa shape index (κ3) is 3.72. The molecule has 2 aromatic rings. The molecule has 0 aliphatic rings. The zero-order chi connectivity index (χ0) is 13.7. The molecule has 100 valence electrons. The standard InChI is InChI=1S/C14H19N5/c1-10-4-3-5-16-13(10)6-11(2)19-14-7-12(8-15)17-9-18-14/h3-5,7,9,11H,6,8,15H2,1-2H3,(H,17,18,19). The van der Waals surface area contributed by atoms with Crippen molar-refractivity contribution in [1.29, 1.82) is 0 Å². The first-order valence-electron chi connectivity index (χ1n) is 6.37. The van der Waals surface area contributed by atoms with Gasteiger partial charge >= 0.3 is 0 Å². The van der Waals surface area contributed by atoms with Crippen LogP contribution in [0.15, 0.2) is 30.7 Å². The van der Waals surface area contributed by atoms with E-state index in [0.717, 1.165) is 23.6 Å². The highest BCUT2D eigenvalue weighted by molar-refractivity contribution is 5.36. The number of hydrogen-bond donors (Lipinski definition) is 2. The van der Waals surface area contributed by atoms with Crippen LogP contribution in [0.2, 0.25) is 0 Å². The topological polar surface area (TPSA) is 76.7 Å². The number of hydrogen-bond acceptors (Lipinski definition) is 5. The fourth-order valence-corrected chi connectivity index (χ4v) is 1.91. The Bertz CT molecular complexity index is 541. The van der Waals surface area contributed by atoms with Crippen LogP contribution < -0.4 is 11.1 Å². The first-order chi connectivity index (χ1) is 9.19. The lowest BCUT2D eigenvalue weighted by Crippen LogP contribution is -2.20. The Labute approximate surface area is 113 Å². The van der Waals surface area contributed by atoms with E-state index in [1.165, 1.54) is 11.9 Å². The molecule has 1 atom stereocenters. The van der Waals surface area contributed by atoms with Gasteiger partial charge in [-0.1, -0.05) is 6.07 Å². The lowest BCUT2D eigenvalue weighted by atomic mass is 10.1. The molecule has 5 nitrogen and oxygen atoms in total. The maximum absolute atomic E-state index is 5.56. The van der Waals surface area contributed by atoms with Crippen LogP contribution in [0.5, 0.6) is 0 Å². The number of rotatable bonds is 5. The van der Waals surface area contributed by atoms with Crippen molar-refractivity contribution in [1.82, 2.24) is 15.0 Å². The Hall–Kier alpha value is -2.01. The number of nitrogens with two attached hydrogens (primary N) is 1. The van der Waals surface area contributed by atoms with Crippen molar-refractivity contribution >= 4 is 5.82 Å². The molecule has 0 amide bonds. The van der Waals surface area contributed by atoms with Gasteiger partial charge in [-0.25, -0.2) is 9.97 Å². The van der Waals surface area contributed by atoms with Crippen molar-refractivity contribution in [3.05, 3.63) is 47.7 Å². The van der Waals surface area contributed by atoms with Gasteiger partial charge in [-0.3, -0.25) is 4.98 Å². The average Bonchev–Trinajstić information content (AvgIpc) is 2.41. The summed E-state index contributed by atoms with van der Waals surface area (Å²) < 4.78 is 0. The van der Waals surface area contributed by atoms with E-state index in [2.05, 4.69) is 40.2 Å². The van der Waals surface area contributed by atoms with Crippen LogP contribution in [0.4, 0.5) is 5.82 Å². The highest BCUT2D eigenvalue weighted by atomic mass is 15.0. The Balaban J connectivity index is 2.01. The highest BCUT2D eigenvalue weighted by Gasteiger charge is 2.07. The average molecular weight is 257 g/mol. The van der Waals surface area contributed by atoms with Crippen molar-refractivity contribution in [2.24, 2.45) is 5.73 Å². The summed E-state index contributed by atoms with van der Waals surface area (Å²) in [4.78, 5) is 12.7. The van der Waals surface area contributed by atoms with Crippen LogP contribution in [0.25, 0.3) is 0 Å². The van der Waals surface area contributed by atoms with Gasteiger partial charge in [-0.2, -0.15) is 0 Å². The largest absolute Gasteiger partial charge is 0.367 e. The van der Waals surface area contributed by atoms with Gasteiger partial charge in [0, 0.05) is 37.0 Å². The van der Waals surface area contributed by atoms with Gasteiger partial charge in [-0.05, 0) is 25.5 Å². The molecule has 0 bridgehead atoms. The summed E-state index contributed by atoms with van der Waals surface area (Å²) in [5.74, 6) is 0.802. The second-order valence-electron chi connectivity index (χ2n) is 4.62. The van der Waals surface area contributed by atoms with Crippen molar-refractivity contribution in [2.75, 3.05) is 5.32 Å². The fourth-order valence-electron chi connectivity index (χ4n) is 1.91. The van der Waals surface area contributed by atoms with Crippen LogP contribution in [-0.2, 0) is 13.0 Å².